The second-order valence-electron chi connectivity index (χ2n) is 18.2. The van der Waals surface area contributed by atoms with Crippen LogP contribution in [0.25, 0.3) is 0 Å². The zero-order valence-corrected chi connectivity index (χ0v) is 41.2. The number of hydrogen-bond acceptors (Lipinski definition) is 11. The molecule has 0 aromatic carbocycles. The number of carbonyl (C=O) groups is 2. The first kappa shape index (κ1) is 60.1. The van der Waals surface area contributed by atoms with E-state index in [0.29, 0.717) is 12.8 Å². The molecule has 0 aliphatic carbocycles. The van der Waals surface area contributed by atoms with Crippen LogP contribution < -0.4 is 0 Å². The Hall–Kier alpha value is -1.87. The number of aliphatic hydroxyl groups is 3. The molecule has 1 rings (SSSR count). The van der Waals surface area contributed by atoms with Gasteiger partial charge in [0, 0.05) is 12.8 Å². The molecule has 0 bridgehead atoms. The van der Waals surface area contributed by atoms with Gasteiger partial charge in [0.15, 0.2) is 12.4 Å². The lowest BCUT2D eigenvalue weighted by atomic mass is 10.00. The van der Waals surface area contributed by atoms with Crippen LogP contribution in [0.2, 0.25) is 0 Å². The van der Waals surface area contributed by atoms with Gasteiger partial charge in [-0.1, -0.05) is 199 Å². The van der Waals surface area contributed by atoms with Gasteiger partial charge in [-0.05, 0) is 44.9 Å². The largest absolute Gasteiger partial charge is 0.462 e. The number of unbranched alkanes of at least 4 members (excludes halogenated alkanes) is 28. The molecule has 1 heterocycles. The van der Waals surface area contributed by atoms with E-state index in [-0.39, 0.29) is 19.4 Å². The maximum absolute atomic E-state index is 12.8. The van der Waals surface area contributed by atoms with Crippen LogP contribution in [0.5, 0.6) is 0 Å². The highest BCUT2D eigenvalue weighted by molar-refractivity contribution is 7.85. The number of ether oxygens (including phenoxy) is 4. The Morgan fingerprint density at radius 3 is 1.41 bits per heavy atom. The van der Waals surface area contributed by atoms with Crippen molar-refractivity contribution in [3.63, 3.8) is 0 Å². The van der Waals surface area contributed by atoms with E-state index >= 15 is 0 Å². The SMILES string of the molecule is CCCCC/C=C/C/C=C/CCCCCCCC(=O)O[C@H](COC(=O)CCCCCCCCCCCCCCCCCCCCCCC)CO[C@H]1O[C@H](CS(=O)(=O)O)[C@@H](O)C(O)C1O. The quantitative estimate of drug-likeness (QED) is 0.0196. The number of allylic oxidation sites excluding steroid dienone is 4. The Balaban J connectivity index is 2.35. The highest BCUT2D eigenvalue weighted by atomic mass is 32.2. The summed E-state index contributed by atoms with van der Waals surface area (Å²) in [5, 5.41) is 31.0. The highest BCUT2D eigenvalue weighted by Crippen LogP contribution is 2.24. The van der Waals surface area contributed by atoms with Crippen LogP contribution in [0.3, 0.4) is 0 Å². The van der Waals surface area contributed by atoms with E-state index in [1.54, 1.807) is 0 Å². The van der Waals surface area contributed by atoms with Gasteiger partial charge in [-0.25, -0.2) is 0 Å². The highest BCUT2D eigenvalue weighted by Gasteiger charge is 2.46. The average Bonchev–Trinajstić information content (AvgIpc) is 3.26. The summed E-state index contributed by atoms with van der Waals surface area (Å²) < 4.78 is 54.2. The molecule has 1 fully saturated rings. The topological polar surface area (TPSA) is 186 Å². The van der Waals surface area contributed by atoms with Crippen molar-refractivity contribution >= 4 is 22.1 Å². The third-order valence-electron chi connectivity index (χ3n) is 12.0. The van der Waals surface area contributed by atoms with Gasteiger partial charge in [0.2, 0.25) is 0 Å². The molecule has 2 unspecified atom stereocenters. The van der Waals surface area contributed by atoms with Crippen molar-refractivity contribution in [1.82, 2.24) is 0 Å². The average molecular weight is 931 g/mol. The fourth-order valence-electron chi connectivity index (χ4n) is 8.00. The van der Waals surface area contributed by atoms with Gasteiger partial charge in [-0.2, -0.15) is 8.42 Å². The number of aliphatic hydroxyl groups excluding tert-OH is 3. The molecule has 0 radical (unpaired) electrons. The van der Waals surface area contributed by atoms with Crippen LogP contribution in [0.15, 0.2) is 24.3 Å². The van der Waals surface area contributed by atoms with Gasteiger partial charge in [0.05, 0.1) is 6.61 Å². The molecule has 0 aromatic heterocycles. The van der Waals surface area contributed by atoms with Gasteiger partial charge in [-0.3, -0.25) is 14.1 Å². The summed E-state index contributed by atoms with van der Waals surface area (Å²) in [6, 6.07) is 0. The molecular weight excluding hydrogens is 837 g/mol. The molecular formula is C51H94O12S. The summed E-state index contributed by atoms with van der Waals surface area (Å²) in [5.41, 5.74) is 0. The normalized spacial score (nSPS) is 19.8. The molecule has 0 amide bonds. The maximum Gasteiger partial charge on any atom is 0.306 e. The minimum atomic E-state index is -4.60. The monoisotopic (exact) mass is 931 g/mol. The van der Waals surface area contributed by atoms with Crippen molar-refractivity contribution < 1.29 is 56.8 Å². The minimum absolute atomic E-state index is 0.151. The molecule has 1 aliphatic rings. The summed E-state index contributed by atoms with van der Waals surface area (Å²) in [6.45, 7) is 3.76. The van der Waals surface area contributed by atoms with Crippen LogP contribution in [0.1, 0.15) is 232 Å². The van der Waals surface area contributed by atoms with E-state index in [1.807, 2.05) is 0 Å². The number of rotatable bonds is 44. The fourth-order valence-corrected chi connectivity index (χ4v) is 8.69. The lowest BCUT2D eigenvalue weighted by molar-refractivity contribution is -0.297. The Kier molecular flexibility index (Phi) is 38.8. The molecule has 64 heavy (non-hydrogen) atoms. The van der Waals surface area contributed by atoms with Crippen molar-refractivity contribution in [2.24, 2.45) is 0 Å². The van der Waals surface area contributed by atoms with E-state index in [0.717, 1.165) is 64.2 Å². The van der Waals surface area contributed by atoms with E-state index in [2.05, 4.69) is 38.2 Å². The van der Waals surface area contributed by atoms with Crippen molar-refractivity contribution in [1.29, 1.82) is 0 Å². The van der Waals surface area contributed by atoms with Gasteiger partial charge >= 0.3 is 11.9 Å². The summed E-state index contributed by atoms with van der Waals surface area (Å²) >= 11 is 0. The molecule has 4 N–H and O–H groups in total. The molecule has 376 valence electrons. The van der Waals surface area contributed by atoms with Crippen molar-refractivity contribution in [2.45, 2.75) is 269 Å². The van der Waals surface area contributed by atoms with Crippen LogP contribution in [-0.4, -0.2) is 96.0 Å². The summed E-state index contributed by atoms with van der Waals surface area (Å²) in [6.07, 6.45) is 37.9. The Morgan fingerprint density at radius 1 is 0.531 bits per heavy atom. The zero-order chi connectivity index (χ0) is 46.9. The van der Waals surface area contributed by atoms with Gasteiger partial charge in [0.1, 0.15) is 36.8 Å². The lowest BCUT2D eigenvalue weighted by Gasteiger charge is -2.40. The first-order chi connectivity index (χ1) is 31.0. The zero-order valence-electron chi connectivity index (χ0n) is 40.4. The summed E-state index contributed by atoms with van der Waals surface area (Å²) in [5.74, 6) is -1.99. The molecule has 13 heteroatoms. The summed E-state index contributed by atoms with van der Waals surface area (Å²) in [7, 11) is -4.60. The lowest BCUT2D eigenvalue weighted by Crippen LogP contribution is -2.60. The number of esters is 2. The third-order valence-corrected chi connectivity index (χ3v) is 12.8. The van der Waals surface area contributed by atoms with Crippen molar-refractivity contribution in [3.05, 3.63) is 24.3 Å². The number of carbonyl (C=O) groups excluding carboxylic acids is 2. The van der Waals surface area contributed by atoms with Crippen LogP contribution in [-0.2, 0) is 38.7 Å². The Morgan fingerprint density at radius 2 is 0.938 bits per heavy atom. The molecule has 12 nitrogen and oxygen atoms in total. The molecule has 6 atom stereocenters. The van der Waals surface area contributed by atoms with E-state index in [9.17, 15) is 37.9 Å². The first-order valence-electron chi connectivity index (χ1n) is 25.9. The van der Waals surface area contributed by atoms with Crippen LogP contribution in [0, 0.1) is 0 Å². The number of hydrogen-bond donors (Lipinski definition) is 4. The Bertz CT molecular complexity index is 1270. The van der Waals surface area contributed by atoms with Crippen LogP contribution >= 0.6 is 0 Å². The third kappa shape index (κ3) is 35.3. The fraction of sp³-hybridized carbons (Fsp3) is 0.882. The smallest absolute Gasteiger partial charge is 0.306 e. The van der Waals surface area contributed by atoms with Crippen LogP contribution in [0.4, 0.5) is 0 Å². The first-order valence-corrected chi connectivity index (χ1v) is 27.5. The molecule has 1 saturated heterocycles. The standard InChI is InChI=1S/C51H94O12S/c1-3-5-7-9-11-13-15-17-19-20-21-22-23-24-26-27-29-31-33-35-37-39-46(52)60-41-44(42-61-51-50(56)49(55)48(54)45(63-51)43-64(57,58)59)62-47(53)40-38-36-34-32-30-28-25-18-16-14-12-10-8-6-4-2/h12,14,18,25,44-45,48-51,54-56H,3-11,13,15-17,19-24,26-43H2,1-2H3,(H,57,58,59)/b14-12+,25-18+/t44-,45-,48-,49?,50?,51+/m1/s1. The van der Waals surface area contributed by atoms with E-state index < -0.39 is 71.2 Å². The van der Waals surface area contributed by atoms with Gasteiger partial charge in [0.25, 0.3) is 10.1 Å². The van der Waals surface area contributed by atoms with Gasteiger partial charge in [-0.15, -0.1) is 0 Å². The van der Waals surface area contributed by atoms with E-state index in [4.69, 9.17) is 18.9 Å². The molecule has 0 aromatic rings. The summed E-state index contributed by atoms with van der Waals surface area (Å²) in [4.78, 5) is 25.5. The second-order valence-corrected chi connectivity index (χ2v) is 19.7. The molecule has 0 spiro atoms. The molecule has 0 saturated carbocycles. The van der Waals surface area contributed by atoms with E-state index in [1.165, 1.54) is 128 Å². The predicted octanol–water partition coefficient (Wildman–Crippen LogP) is 11.6. The maximum atomic E-state index is 12.8. The van der Waals surface area contributed by atoms with Crippen molar-refractivity contribution in [2.75, 3.05) is 19.0 Å². The Labute approximate surface area is 389 Å². The minimum Gasteiger partial charge on any atom is -0.462 e. The molecule has 1 aliphatic heterocycles. The van der Waals surface area contributed by atoms with Crippen molar-refractivity contribution in [3.8, 4) is 0 Å². The predicted molar refractivity (Wildman–Crippen MR) is 256 cm³/mol. The second kappa shape index (κ2) is 41.3. The van der Waals surface area contributed by atoms with Gasteiger partial charge < -0.3 is 34.3 Å².